The second-order valence-electron chi connectivity index (χ2n) is 5.38. The van der Waals surface area contributed by atoms with Gasteiger partial charge >= 0.3 is 6.03 Å². The largest absolute Gasteiger partial charge is 0.337 e. The number of thiazole rings is 1. The van der Waals surface area contributed by atoms with Gasteiger partial charge in [-0.2, -0.15) is 0 Å². The molecule has 0 aliphatic rings. The van der Waals surface area contributed by atoms with Crippen molar-refractivity contribution in [2.45, 2.75) is 12.8 Å². The number of nitrogens with zero attached hydrogens (tertiary/aromatic N) is 1. The van der Waals surface area contributed by atoms with Gasteiger partial charge in [-0.25, -0.2) is 18.6 Å². The Balaban J connectivity index is 1.59. The molecule has 0 spiro atoms. The number of anilines is 1. The number of aromatic nitrogens is 1. The van der Waals surface area contributed by atoms with Crippen molar-refractivity contribution in [3.05, 3.63) is 59.1 Å². The first kappa shape index (κ1) is 16.3. The molecular weight excluding hydrogens is 332 g/mol. The average Bonchev–Trinajstić information content (AvgIpc) is 2.99. The standard InChI is InChI=1S/C17H15F2N3OS/c1-10(16-21-14-4-2-3-5-15(14)24-16)9-20-17(23)22-13-7-6-11(18)8-12(13)19/h2-8,10H,9H2,1H3,(H2,20,22,23). The molecule has 0 aliphatic carbocycles. The van der Waals surface area contributed by atoms with Crippen LogP contribution in [0.5, 0.6) is 0 Å². The molecule has 0 radical (unpaired) electrons. The van der Waals surface area contributed by atoms with Gasteiger partial charge in [-0.3, -0.25) is 0 Å². The van der Waals surface area contributed by atoms with E-state index in [9.17, 15) is 13.6 Å². The van der Waals surface area contributed by atoms with E-state index in [1.165, 1.54) is 6.07 Å². The van der Waals surface area contributed by atoms with Crippen molar-refractivity contribution in [1.29, 1.82) is 0 Å². The number of urea groups is 1. The summed E-state index contributed by atoms with van der Waals surface area (Å²) in [7, 11) is 0. The summed E-state index contributed by atoms with van der Waals surface area (Å²) in [6.45, 7) is 2.31. The number of benzene rings is 2. The molecule has 4 nitrogen and oxygen atoms in total. The lowest BCUT2D eigenvalue weighted by Crippen LogP contribution is -2.32. The summed E-state index contributed by atoms with van der Waals surface area (Å²) in [5, 5.41) is 5.95. The third-order valence-corrected chi connectivity index (χ3v) is 4.75. The van der Waals surface area contributed by atoms with Gasteiger partial charge in [-0.05, 0) is 24.3 Å². The molecule has 2 N–H and O–H groups in total. The summed E-state index contributed by atoms with van der Waals surface area (Å²) < 4.78 is 27.4. The Morgan fingerprint density at radius 3 is 2.79 bits per heavy atom. The van der Waals surface area contributed by atoms with E-state index < -0.39 is 17.7 Å². The van der Waals surface area contributed by atoms with Gasteiger partial charge in [0, 0.05) is 18.5 Å². The van der Waals surface area contributed by atoms with Gasteiger partial charge in [0.05, 0.1) is 20.9 Å². The minimum Gasteiger partial charge on any atom is -0.337 e. The normalized spacial score (nSPS) is 12.1. The number of para-hydroxylation sites is 1. The van der Waals surface area contributed by atoms with Crippen molar-refractivity contribution in [2.24, 2.45) is 0 Å². The van der Waals surface area contributed by atoms with Crippen LogP contribution in [-0.2, 0) is 0 Å². The smallest absolute Gasteiger partial charge is 0.319 e. The monoisotopic (exact) mass is 347 g/mol. The van der Waals surface area contributed by atoms with Crippen molar-refractivity contribution in [1.82, 2.24) is 10.3 Å². The lowest BCUT2D eigenvalue weighted by atomic mass is 10.2. The highest BCUT2D eigenvalue weighted by Gasteiger charge is 2.13. The number of hydrogen-bond donors (Lipinski definition) is 2. The fraction of sp³-hybridized carbons (Fsp3) is 0.176. The Kier molecular flexibility index (Phi) is 4.71. The Morgan fingerprint density at radius 2 is 2.04 bits per heavy atom. The van der Waals surface area contributed by atoms with Gasteiger partial charge in [0.15, 0.2) is 0 Å². The molecule has 2 amide bonds. The molecule has 2 aromatic carbocycles. The van der Waals surface area contributed by atoms with Crippen LogP contribution in [0, 0.1) is 11.6 Å². The van der Waals surface area contributed by atoms with E-state index in [-0.39, 0.29) is 11.6 Å². The molecule has 0 fully saturated rings. The Bertz CT molecular complexity index is 848. The van der Waals surface area contributed by atoms with E-state index in [2.05, 4.69) is 15.6 Å². The van der Waals surface area contributed by atoms with Gasteiger partial charge in [0.25, 0.3) is 0 Å². The van der Waals surface area contributed by atoms with E-state index >= 15 is 0 Å². The van der Waals surface area contributed by atoms with E-state index in [0.717, 1.165) is 27.4 Å². The molecule has 24 heavy (non-hydrogen) atoms. The highest BCUT2D eigenvalue weighted by Crippen LogP contribution is 2.26. The predicted octanol–water partition coefficient (Wildman–Crippen LogP) is 4.50. The summed E-state index contributed by atoms with van der Waals surface area (Å²) in [5.41, 5.74) is 0.865. The third-order valence-electron chi connectivity index (χ3n) is 3.48. The number of nitrogens with one attached hydrogen (secondary N) is 2. The van der Waals surface area contributed by atoms with Gasteiger partial charge in [-0.15, -0.1) is 11.3 Å². The first-order valence-electron chi connectivity index (χ1n) is 7.38. The number of hydrogen-bond acceptors (Lipinski definition) is 3. The molecular formula is C17H15F2N3OS. The molecule has 0 saturated carbocycles. The zero-order chi connectivity index (χ0) is 17.1. The average molecular weight is 347 g/mol. The number of amides is 2. The molecule has 7 heteroatoms. The molecule has 3 rings (SSSR count). The zero-order valence-corrected chi connectivity index (χ0v) is 13.7. The second-order valence-corrected chi connectivity index (χ2v) is 6.44. The van der Waals surface area contributed by atoms with Gasteiger partial charge in [0.2, 0.25) is 0 Å². The van der Waals surface area contributed by atoms with Crippen LogP contribution in [-0.4, -0.2) is 17.6 Å². The van der Waals surface area contributed by atoms with Crippen LogP contribution in [0.15, 0.2) is 42.5 Å². The summed E-state index contributed by atoms with van der Waals surface area (Å²) in [6.07, 6.45) is 0. The van der Waals surface area contributed by atoms with E-state index in [0.29, 0.717) is 6.54 Å². The van der Waals surface area contributed by atoms with E-state index in [4.69, 9.17) is 0 Å². The van der Waals surface area contributed by atoms with Crippen LogP contribution in [0.3, 0.4) is 0 Å². The Labute approximate surface area is 141 Å². The number of carbonyl (C=O) groups is 1. The van der Waals surface area contributed by atoms with Crippen molar-refractivity contribution in [3.8, 4) is 0 Å². The Hall–Kier alpha value is -2.54. The fourth-order valence-corrected chi connectivity index (χ4v) is 3.21. The summed E-state index contributed by atoms with van der Waals surface area (Å²) >= 11 is 1.58. The maximum atomic E-state index is 13.5. The number of fused-ring (bicyclic) bond motifs is 1. The molecule has 124 valence electrons. The van der Waals surface area contributed by atoms with Crippen LogP contribution in [0.4, 0.5) is 19.3 Å². The first-order chi connectivity index (χ1) is 11.5. The molecule has 1 unspecified atom stereocenters. The number of rotatable bonds is 4. The lowest BCUT2D eigenvalue weighted by molar-refractivity contribution is 0.251. The molecule has 3 aromatic rings. The third kappa shape index (κ3) is 3.68. The fourth-order valence-electron chi connectivity index (χ4n) is 2.19. The van der Waals surface area contributed by atoms with Gasteiger partial charge < -0.3 is 10.6 Å². The zero-order valence-electron chi connectivity index (χ0n) is 12.8. The van der Waals surface area contributed by atoms with Gasteiger partial charge in [-0.1, -0.05) is 19.1 Å². The molecule has 0 aliphatic heterocycles. The maximum absolute atomic E-state index is 13.5. The highest BCUT2D eigenvalue weighted by molar-refractivity contribution is 7.18. The maximum Gasteiger partial charge on any atom is 0.319 e. The predicted molar refractivity (Wildman–Crippen MR) is 91.4 cm³/mol. The minimum atomic E-state index is -0.815. The lowest BCUT2D eigenvalue weighted by Gasteiger charge is -2.11. The van der Waals surface area contributed by atoms with Crippen LogP contribution >= 0.6 is 11.3 Å². The van der Waals surface area contributed by atoms with Crippen LogP contribution < -0.4 is 10.6 Å². The van der Waals surface area contributed by atoms with Crippen molar-refractivity contribution < 1.29 is 13.6 Å². The molecule has 1 heterocycles. The topological polar surface area (TPSA) is 54.0 Å². The van der Waals surface area contributed by atoms with Crippen molar-refractivity contribution >= 4 is 33.3 Å². The van der Waals surface area contributed by atoms with E-state index in [1.807, 2.05) is 31.2 Å². The highest BCUT2D eigenvalue weighted by atomic mass is 32.1. The first-order valence-corrected chi connectivity index (χ1v) is 8.20. The van der Waals surface area contributed by atoms with Crippen LogP contribution in [0.1, 0.15) is 17.8 Å². The van der Waals surface area contributed by atoms with Crippen molar-refractivity contribution in [2.75, 3.05) is 11.9 Å². The quantitative estimate of drug-likeness (QED) is 0.730. The van der Waals surface area contributed by atoms with E-state index in [1.54, 1.807) is 11.3 Å². The van der Waals surface area contributed by atoms with Crippen LogP contribution in [0.2, 0.25) is 0 Å². The number of carbonyl (C=O) groups excluding carboxylic acids is 1. The summed E-state index contributed by atoms with van der Waals surface area (Å²) in [4.78, 5) is 16.4. The summed E-state index contributed by atoms with van der Waals surface area (Å²) in [6, 6.07) is 10.3. The van der Waals surface area contributed by atoms with Gasteiger partial charge in [0.1, 0.15) is 11.6 Å². The summed E-state index contributed by atoms with van der Waals surface area (Å²) in [5.74, 6) is -1.49. The molecule has 1 atom stereocenters. The second kappa shape index (κ2) is 6.92. The molecule has 0 saturated heterocycles. The Morgan fingerprint density at radius 1 is 1.25 bits per heavy atom. The number of halogens is 2. The molecule has 0 bridgehead atoms. The molecule has 1 aromatic heterocycles. The SMILES string of the molecule is CC(CNC(=O)Nc1ccc(F)cc1F)c1nc2ccccc2s1. The van der Waals surface area contributed by atoms with Crippen LogP contribution in [0.25, 0.3) is 10.2 Å². The van der Waals surface area contributed by atoms with Crippen molar-refractivity contribution in [3.63, 3.8) is 0 Å². The minimum absolute atomic E-state index is 0.0196.